The van der Waals surface area contributed by atoms with E-state index in [1.165, 1.54) is 11.3 Å². The van der Waals surface area contributed by atoms with Gasteiger partial charge in [0.2, 0.25) is 10.0 Å². The number of hydrogen-bond donors (Lipinski definition) is 1. The Morgan fingerprint density at radius 3 is 2.61 bits per heavy atom. The first-order valence-electron chi connectivity index (χ1n) is 9.14. The zero-order valence-electron chi connectivity index (χ0n) is 16.2. The summed E-state index contributed by atoms with van der Waals surface area (Å²) in [6.45, 7) is 1.09. The SMILES string of the molecule is CN1CCCc2cc([C@H](CNS(=O)(=O)c3ccc(F)cc3F)N(C)C)ccc21. The summed E-state index contributed by atoms with van der Waals surface area (Å²) in [5, 5.41) is 0. The van der Waals surface area contributed by atoms with Gasteiger partial charge < -0.3 is 9.80 Å². The average Bonchev–Trinajstić information content (AvgIpc) is 2.61. The molecule has 1 atom stereocenters. The van der Waals surface area contributed by atoms with Crippen molar-refractivity contribution in [1.29, 1.82) is 0 Å². The van der Waals surface area contributed by atoms with E-state index in [9.17, 15) is 17.2 Å². The quantitative estimate of drug-likeness (QED) is 0.797. The molecule has 2 aromatic carbocycles. The third kappa shape index (κ3) is 4.34. The second-order valence-electron chi connectivity index (χ2n) is 7.32. The Bertz CT molecular complexity index is 964. The van der Waals surface area contributed by atoms with Crippen LogP contribution in [-0.2, 0) is 16.4 Å². The lowest BCUT2D eigenvalue weighted by molar-refractivity contribution is 0.299. The highest BCUT2D eigenvalue weighted by Gasteiger charge is 2.24. The molecule has 28 heavy (non-hydrogen) atoms. The van der Waals surface area contributed by atoms with Gasteiger partial charge in [0, 0.05) is 37.9 Å². The summed E-state index contributed by atoms with van der Waals surface area (Å²) in [5.41, 5.74) is 3.42. The molecule has 0 radical (unpaired) electrons. The molecular weight excluding hydrogens is 384 g/mol. The predicted molar refractivity (Wildman–Crippen MR) is 106 cm³/mol. The van der Waals surface area contributed by atoms with Gasteiger partial charge >= 0.3 is 0 Å². The van der Waals surface area contributed by atoms with E-state index < -0.39 is 26.6 Å². The molecule has 0 spiro atoms. The Balaban J connectivity index is 1.82. The van der Waals surface area contributed by atoms with E-state index in [1.807, 2.05) is 25.1 Å². The van der Waals surface area contributed by atoms with Crippen LogP contribution in [0.3, 0.4) is 0 Å². The van der Waals surface area contributed by atoms with E-state index in [1.54, 1.807) is 0 Å². The molecule has 1 N–H and O–H groups in total. The summed E-state index contributed by atoms with van der Waals surface area (Å²) in [6, 6.07) is 8.39. The maximum atomic E-state index is 13.9. The second kappa shape index (κ2) is 8.14. The van der Waals surface area contributed by atoms with Gasteiger partial charge in [-0.1, -0.05) is 12.1 Å². The van der Waals surface area contributed by atoms with Crippen LogP contribution in [0, 0.1) is 11.6 Å². The van der Waals surface area contributed by atoms with Gasteiger partial charge in [-0.15, -0.1) is 0 Å². The molecular formula is C20H25F2N3O2S. The number of hydrogen-bond acceptors (Lipinski definition) is 4. The minimum atomic E-state index is -4.10. The number of rotatable bonds is 6. The van der Waals surface area contributed by atoms with Crippen LogP contribution in [0.4, 0.5) is 14.5 Å². The van der Waals surface area contributed by atoms with Gasteiger partial charge in [0.25, 0.3) is 0 Å². The van der Waals surface area contributed by atoms with Crippen molar-refractivity contribution in [2.45, 2.75) is 23.8 Å². The molecule has 0 amide bonds. The number of anilines is 1. The van der Waals surface area contributed by atoms with Crippen molar-refractivity contribution < 1.29 is 17.2 Å². The number of sulfonamides is 1. The van der Waals surface area contributed by atoms with E-state index in [4.69, 9.17) is 0 Å². The number of fused-ring (bicyclic) bond motifs is 1. The highest BCUT2D eigenvalue weighted by atomic mass is 32.2. The van der Waals surface area contributed by atoms with Gasteiger partial charge in [-0.3, -0.25) is 0 Å². The first kappa shape index (κ1) is 20.7. The number of nitrogens with one attached hydrogen (secondary N) is 1. The second-order valence-corrected chi connectivity index (χ2v) is 9.05. The fourth-order valence-corrected chi connectivity index (χ4v) is 4.67. The van der Waals surface area contributed by atoms with Crippen LogP contribution < -0.4 is 9.62 Å². The van der Waals surface area contributed by atoms with Crippen LogP contribution in [0.25, 0.3) is 0 Å². The minimum Gasteiger partial charge on any atom is -0.374 e. The topological polar surface area (TPSA) is 52.7 Å². The van der Waals surface area contributed by atoms with Crippen molar-refractivity contribution in [2.75, 3.05) is 39.1 Å². The van der Waals surface area contributed by atoms with Crippen molar-refractivity contribution in [3.05, 3.63) is 59.2 Å². The summed E-state index contributed by atoms with van der Waals surface area (Å²) in [5.74, 6) is -1.92. The Kier molecular flexibility index (Phi) is 6.02. The fraction of sp³-hybridized carbons (Fsp3) is 0.400. The number of halogens is 2. The number of likely N-dealkylation sites (N-methyl/N-ethyl adjacent to an activating group) is 1. The maximum absolute atomic E-state index is 13.9. The van der Waals surface area contributed by atoms with E-state index in [0.29, 0.717) is 6.07 Å². The molecule has 0 aliphatic carbocycles. The van der Waals surface area contributed by atoms with Crippen LogP contribution in [0.5, 0.6) is 0 Å². The van der Waals surface area contributed by atoms with Gasteiger partial charge in [-0.2, -0.15) is 0 Å². The Labute approximate surface area is 165 Å². The van der Waals surface area contributed by atoms with E-state index in [2.05, 4.69) is 28.8 Å². The highest BCUT2D eigenvalue weighted by molar-refractivity contribution is 7.89. The van der Waals surface area contributed by atoms with Crippen LogP contribution in [0.2, 0.25) is 0 Å². The summed E-state index contributed by atoms with van der Waals surface area (Å²) in [7, 11) is 1.69. The number of aryl methyl sites for hydroxylation is 1. The molecule has 1 aliphatic rings. The zero-order valence-corrected chi connectivity index (χ0v) is 17.1. The molecule has 1 heterocycles. The third-order valence-electron chi connectivity index (χ3n) is 5.11. The van der Waals surface area contributed by atoms with Gasteiger partial charge in [-0.05, 0) is 56.3 Å². The number of benzene rings is 2. The first-order valence-corrected chi connectivity index (χ1v) is 10.6. The zero-order chi connectivity index (χ0) is 20.5. The van der Waals surface area contributed by atoms with Gasteiger partial charge in [-0.25, -0.2) is 21.9 Å². The normalized spacial score (nSPS) is 15.6. The monoisotopic (exact) mass is 409 g/mol. The molecule has 0 unspecified atom stereocenters. The molecule has 5 nitrogen and oxygen atoms in total. The largest absolute Gasteiger partial charge is 0.374 e. The van der Waals surface area contributed by atoms with Crippen LogP contribution in [0.15, 0.2) is 41.3 Å². The molecule has 152 valence electrons. The molecule has 1 aliphatic heterocycles. The summed E-state index contributed by atoms with van der Waals surface area (Å²) in [6.07, 6.45) is 2.07. The van der Waals surface area contributed by atoms with Crippen LogP contribution in [-0.4, -0.2) is 47.6 Å². The van der Waals surface area contributed by atoms with Gasteiger partial charge in [0.1, 0.15) is 16.5 Å². The van der Waals surface area contributed by atoms with Gasteiger partial charge in [0.05, 0.1) is 0 Å². The van der Waals surface area contributed by atoms with E-state index in [0.717, 1.165) is 37.1 Å². The van der Waals surface area contributed by atoms with Gasteiger partial charge in [0.15, 0.2) is 0 Å². The van der Waals surface area contributed by atoms with Crippen LogP contribution >= 0.6 is 0 Å². The summed E-state index contributed by atoms with van der Waals surface area (Å²) < 4.78 is 54.4. The molecule has 3 rings (SSSR count). The smallest absolute Gasteiger partial charge is 0.243 e. The lowest BCUT2D eigenvalue weighted by Gasteiger charge is -2.30. The molecule has 2 aromatic rings. The molecule has 0 fully saturated rings. The third-order valence-corrected chi connectivity index (χ3v) is 6.57. The lowest BCUT2D eigenvalue weighted by Crippen LogP contribution is -2.35. The molecule has 0 bridgehead atoms. The molecule has 8 heteroatoms. The Morgan fingerprint density at radius 1 is 1.18 bits per heavy atom. The summed E-state index contributed by atoms with van der Waals surface area (Å²) in [4.78, 5) is 3.57. The standard InChI is InChI=1S/C20H25F2N3O2S/c1-24(2)19(15-6-8-18-14(11-15)5-4-10-25(18)3)13-23-28(26,27)20-9-7-16(21)12-17(20)22/h6-9,11-12,19,23H,4-5,10,13H2,1-3H3/t19-/m0/s1. The fourth-order valence-electron chi connectivity index (χ4n) is 3.57. The van der Waals surface area contributed by atoms with E-state index in [-0.39, 0.29) is 12.6 Å². The average molecular weight is 410 g/mol. The maximum Gasteiger partial charge on any atom is 0.243 e. The minimum absolute atomic E-state index is 0.0702. The van der Waals surface area contributed by atoms with Crippen molar-refractivity contribution >= 4 is 15.7 Å². The van der Waals surface area contributed by atoms with Crippen molar-refractivity contribution in [2.24, 2.45) is 0 Å². The van der Waals surface area contributed by atoms with Crippen molar-refractivity contribution in [1.82, 2.24) is 9.62 Å². The van der Waals surface area contributed by atoms with Crippen molar-refractivity contribution in [3.63, 3.8) is 0 Å². The Hall–Kier alpha value is -2.03. The lowest BCUT2D eigenvalue weighted by atomic mass is 9.96. The predicted octanol–water partition coefficient (Wildman–Crippen LogP) is 2.93. The Morgan fingerprint density at radius 2 is 1.93 bits per heavy atom. The molecule has 0 saturated heterocycles. The van der Waals surface area contributed by atoms with E-state index >= 15 is 0 Å². The highest BCUT2D eigenvalue weighted by Crippen LogP contribution is 2.30. The van der Waals surface area contributed by atoms with Crippen LogP contribution in [0.1, 0.15) is 23.6 Å². The molecule has 0 saturated carbocycles. The van der Waals surface area contributed by atoms with Crippen molar-refractivity contribution in [3.8, 4) is 0 Å². The summed E-state index contributed by atoms with van der Waals surface area (Å²) >= 11 is 0. The first-order chi connectivity index (χ1) is 13.2. The molecule has 0 aromatic heterocycles. The number of nitrogens with zero attached hydrogens (tertiary/aromatic N) is 2.